The van der Waals surface area contributed by atoms with Crippen LogP contribution in [0, 0.1) is 28.6 Å². The van der Waals surface area contributed by atoms with Crippen molar-refractivity contribution in [3.63, 3.8) is 0 Å². The number of fused-ring (bicyclic) bond motifs is 3. The highest BCUT2D eigenvalue weighted by molar-refractivity contribution is 5.89. The Labute approximate surface area is 253 Å². The molecule has 1 fully saturated rings. The second-order valence-electron chi connectivity index (χ2n) is 11.3. The highest BCUT2D eigenvalue weighted by Crippen LogP contribution is 2.52. The molecule has 2 aliphatic rings. The molecule has 8 nitrogen and oxygen atoms in total. The van der Waals surface area contributed by atoms with Gasteiger partial charge < -0.3 is 19.3 Å². The lowest BCUT2D eigenvalue weighted by atomic mass is 9.86. The lowest BCUT2D eigenvalue weighted by molar-refractivity contribution is -0.144. The van der Waals surface area contributed by atoms with Gasteiger partial charge in [-0.05, 0) is 67.7 Å². The average molecular weight is 588 g/mol. The predicted octanol–water partition coefficient (Wildman–Crippen LogP) is 6.29. The van der Waals surface area contributed by atoms with Crippen molar-refractivity contribution in [3.05, 3.63) is 81.8 Å². The van der Waals surface area contributed by atoms with Gasteiger partial charge in [-0.25, -0.2) is 4.79 Å². The number of aryl methyl sites for hydroxylation is 1. The van der Waals surface area contributed by atoms with E-state index in [1.807, 2.05) is 19.9 Å². The van der Waals surface area contributed by atoms with Gasteiger partial charge in [-0.1, -0.05) is 54.6 Å². The third-order valence-electron chi connectivity index (χ3n) is 8.16. The third kappa shape index (κ3) is 8.77. The number of hydrogen-bond acceptors (Lipinski definition) is 8. The number of benzene rings is 2. The van der Waals surface area contributed by atoms with Crippen LogP contribution in [0.15, 0.2) is 59.8 Å². The van der Waals surface area contributed by atoms with Crippen molar-refractivity contribution in [2.45, 2.75) is 83.5 Å². The standard InChI is InChI=1S/C35H41NO7/c1-3-4-9-24(2)30(37)18-16-26-17-19-31-33(26)29-14-6-11-27(34(29)43-31)12-7-15-32(38)41-20-8-21-42-35(39)28-13-5-10-25(22-28)23-36-40/h5-6,10-11,13-14,16,18,22,24,26,30-31,33,37H,7-9,12,15,17,19-21,23H2,1-2H3/b18-16+. The normalized spacial score (nSPS) is 19.8. The minimum Gasteiger partial charge on any atom is -0.489 e. The molecule has 2 aromatic rings. The Hall–Kier alpha value is -3.96. The van der Waals surface area contributed by atoms with Crippen molar-refractivity contribution < 1.29 is 28.9 Å². The number of aliphatic hydroxyl groups is 1. The second-order valence-corrected chi connectivity index (χ2v) is 11.3. The first-order chi connectivity index (χ1) is 20.9. The number of allylic oxidation sites excluding steroid dienone is 1. The van der Waals surface area contributed by atoms with Crippen molar-refractivity contribution >= 4 is 11.9 Å². The van der Waals surface area contributed by atoms with E-state index in [0.717, 1.165) is 24.2 Å². The molecule has 1 N–H and O–H groups in total. The van der Waals surface area contributed by atoms with Gasteiger partial charge in [0.15, 0.2) is 0 Å². The topological polar surface area (TPSA) is 111 Å². The Morgan fingerprint density at radius 3 is 2.77 bits per heavy atom. The summed E-state index contributed by atoms with van der Waals surface area (Å²) in [5.74, 6) is 6.80. The summed E-state index contributed by atoms with van der Waals surface area (Å²) in [5.41, 5.74) is 3.32. The molecular weight excluding hydrogens is 546 g/mol. The largest absolute Gasteiger partial charge is 0.489 e. The van der Waals surface area contributed by atoms with Gasteiger partial charge in [-0.2, -0.15) is 4.91 Å². The van der Waals surface area contributed by atoms with E-state index in [1.165, 1.54) is 5.56 Å². The van der Waals surface area contributed by atoms with Gasteiger partial charge in [-0.15, -0.1) is 11.8 Å². The van der Waals surface area contributed by atoms with E-state index in [9.17, 15) is 19.6 Å². The Morgan fingerprint density at radius 2 is 1.95 bits per heavy atom. The van der Waals surface area contributed by atoms with Crippen LogP contribution in [0.4, 0.5) is 0 Å². The first-order valence-corrected chi connectivity index (χ1v) is 15.2. The van der Waals surface area contributed by atoms with Crippen LogP contribution in [-0.4, -0.2) is 42.5 Å². The number of ether oxygens (including phenoxy) is 3. The van der Waals surface area contributed by atoms with E-state index in [1.54, 1.807) is 24.3 Å². The molecule has 0 aromatic heterocycles. The van der Waals surface area contributed by atoms with E-state index >= 15 is 0 Å². The number of rotatable bonds is 15. The van der Waals surface area contributed by atoms with Crippen LogP contribution in [0.1, 0.15) is 85.3 Å². The fourth-order valence-corrected chi connectivity index (χ4v) is 5.82. The summed E-state index contributed by atoms with van der Waals surface area (Å²) in [6, 6.07) is 12.9. The number of carbonyl (C=O) groups excluding carboxylic acids is 2. The number of carbonyl (C=O) groups is 2. The first kappa shape index (κ1) is 32.0. The van der Waals surface area contributed by atoms with Crippen molar-refractivity contribution in [3.8, 4) is 17.6 Å². The summed E-state index contributed by atoms with van der Waals surface area (Å²) >= 11 is 0. The maximum absolute atomic E-state index is 12.3. The number of nitroso groups, excluding NO2 is 1. The maximum atomic E-state index is 12.3. The summed E-state index contributed by atoms with van der Waals surface area (Å²) in [5, 5.41) is 13.4. The van der Waals surface area contributed by atoms with Gasteiger partial charge in [0.1, 0.15) is 18.4 Å². The zero-order valence-electron chi connectivity index (χ0n) is 25.0. The minimum absolute atomic E-state index is 0.00262. The molecule has 1 aliphatic heterocycles. The molecule has 1 saturated carbocycles. The highest BCUT2D eigenvalue weighted by atomic mass is 16.5. The smallest absolute Gasteiger partial charge is 0.338 e. The summed E-state index contributed by atoms with van der Waals surface area (Å²) in [7, 11) is 0. The molecule has 2 aromatic carbocycles. The molecule has 0 amide bonds. The van der Waals surface area contributed by atoms with E-state index in [2.05, 4.69) is 41.3 Å². The zero-order chi connectivity index (χ0) is 30.6. The average Bonchev–Trinajstić information content (AvgIpc) is 3.59. The fraction of sp³-hybridized carbons (Fsp3) is 0.486. The molecule has 1 aliphatic carbocycles. The molecule has 5 unspecified atom stereocenters. The molecular formula is C35H41NO7. The van der Waals surface area contributed by atoms with Gasteiger partial charge >= 0.3 is 11.9 Å². The van der Waals surface area contributed by atoms with E-state index in [-0.39, 0.29) is 50.1 Å². The van der Waals surface area contributed by atoms with Crippen molar-refractivity contribution in [2.75, 3.05) is 13.2 Å². The third-order valence-corrected chi connectivity index (χ3v) is 8.16. The Morgan fingerprint density at radius 1 is 1.14 bits per heavy atom. The minimum atomic E-state index is -0.515. The van der Waals surface area contributed by atoms with Crippen LogP contribution in [-0.2, 0) is 27.2 Å². The Bertz CT molecular complexity index is 1360. The van der Waals surface area contributed by atoms with Gasteiger partial charge in [0.2, 0.25) is 0 Å². The number of esters is 2. The molecule has 0 spiro atoms. The van der Waals surface area contributed by atoms with Crippen LogP contribution in [0.3, 0.4) is 0 Å². The Kier molecular flexibility index (Phi) is 11.9. The van der Waals surface area contributed by atoms with Gasteiger partial charge in [0.05, 0.1) is 24.9 Å². The monoisotopic (exact) mass is 587 g/mol. The quantitative estimate of drug-likeness (QED) is 0.0857. The molecule has 4 rings (SSSR count). The SMILES string of the molecule is CC#CCC(C)C(O)/C=C/C1CCC2Oc3c(CCCC(=O)OCCCOC(=O)c4cccc(CN=O)c4)cccc3C12. The predicted molar refractivity (Wildman–Crippen MR) is 163 cm³/mol. The van der Waals surface area contributed by atoms with Crippen LogP contribution in [0.2, 0.25) is 0 Å². The van der Waals surface area contributed by atoms with E-state index < -0.39 is 12.1 Å². The highest BCUT2D eigenvalue weighted by Gasteiger charge is 2.44. The van der Waals surface area contributed by atoms with Gasteiger partial charge in [0.25, 0.3) is 0 Å². The molecule has 1 heterocycles. The molecule has 0 bridgehead atoms. The lowest BCUT2D eigenvalue weighted by Gasteiger charge is -2.17. The molecule has 8 heteroatoms. The molecule has 0 saturated heterocycles. The molecule has 0 radical (unpaired) electrons. The van der Waals surface area contributed by atoms with Crippen LogP contribution in [0.25, 0.3) is 0 Å². The van der Waals surface area contributed by atoms with Crippen molar-refractivity contribution in [2.24, 2.45) is 17.0 Å². The molecule has 43 heavy (non-hydrogen) atoms. The van der Waals surface area contributed by atoms with Crippen molar-refractivity contribution in [1.29, 1.82) is 0 Å². The van der Waals surface area contributed by atoms with Crippen molar-refractivity contribution in [1.82, 2.24) is 0 Å². The Balaban J connectivity index is 1.18. The summed E-state index contributed by atoms with van der Waals surface area (Å²) < 4.78 is 17.0. The van der Waals surface area contributed by atoms with E-state index in [0.29, 0.717) is 42.7 Å². The van der Waals surface area contributed by atoms with Gasteiger partial charge in [-0.3, -0.25) is 4.79 Å². The first-order valence-electron chi connectivity index (χ1n) is 15.2. The zero-order valence-corrected chi connectivity index (χ0v) is 25.0. The molecule has 228 valence electrons. The summed E-state index contributed by atoms with van der Waals surface area (Å²) in [6.07, 6.45) is 8.45. The number of nitrogens with zero attached hydrogens (tertiary/aromatic N) is 1. The van der Waals surface area contributed by atoms with Crippen LogP contribution < -0.4 is 4.74 Å². The van der Waals surface area contributed by atoms with E-state index in [4.69, 9.17) is 14.2 Å². The van der Waals surface area contributed by atoms with Crippen LogP contribution >= 0.6 is 0 Å². The van der Waals surface area contributed by atoms with Gasteiger partial charge in [0, 0.05) is 30.7 Å². The number of aliphatic hydroxyl groups excluding tert-OH is 1. The number of para-hydroxylation sites is 1. The second kappa shape index (κ2) is 16.0. The van der Waals surface area contributed by atoms with Crippen LogP contribution in [0.5, 0.6) is 5.75 Å². The number of hydrogen-bond donors (Lipinski definition) is 1. The summed E-state index contributed by atoms with van der Waals surface area (Å²) in [6.45, 7) is 4.12. The molecule has 5 atom stereocenters. The lowest BCUT2D eigenvalue weighted by Crippen LogP contribution is -2.17. The fourth-order valence-electron chi connectivity index (χ4n) is 5.82. The maximum Gasteiger partial charge on any atom is 0.338 e. The summed E-state index contributed by atoms with van der Waals surface area (Å²) in [4.78, 5) is 34.9.